The van der Waals surface area contributed by atoms with E-state index in [-0.39, 0.29) is 5.82 Å². The van der Waals surface area contributed by atoms with Crippen molar-refractivity contribution in [3.8, 4) is 5.75 Å². The van der Waals surface area contributed by atoms with Gasteiger partial charge in [-0.2, -0.15) is 0 Å². The zero-order valence-corrected chi connectivity index (χ0v) is 9.45. The highest BCUT2D eigenvalue weighted by atomic mass is 19.1. The molecule has 2 rings (SSSR count). The van der Waals surface area contributed by atoms with Crippen LogP contribution < -0.4 is 9.64 Å². The number of ether oxygens (including phenoxy) is 1. The Labute approximate surface area is 95.4 Å². The zero-order chi connectivity index (χ0) is 11.5. The maximum Gasteiger partial charge on any atom is 0.165 e. The molecule has 1 aromatic rings. The minimum atomic E-state index is -0.318. The van der Waals surface area contributed by atoms with E-state index in [1.807, 2.05) is 4.90 Å². The van der Waals surface area contributed by atoms with E-state index in [0.29, 0.717) is 5.75 Å². The fourth-order valence-electron chi connectivity index (χ4n) is 1.85. The van der Waals surface area contributed by atoms with E-state index in [0.717, 1.165) is 31.9 Å². The highest BCUT2D eigenvalue weighted by Crippen LogP contribution is 2.25. The molecule has 1 saturated heterocycles. The lowest BCUT2D eigenvalue weighted by Gasteiger charge is -2.38. The molecule has 1 heterocycles. The van der Waals surface area contributed by atoms with Crippen LogP contribution in [0.4, 0.5) is 10.1 Å². The van der Waals surface area contributed by atoms with E-state index in [1.165, 1.54) is 13.2 Å². The van der Waals surface area contributed by atoms with Gasteiger partial charge in [0, 0.05) is 24.8 Å². The zero-order valence-electron chi connectivity index (χ0n) is 9.45. The molecule has 0 aromatic heterocycles. The molecule has 0 unspecified atom stereocenters. The van der Waals surface area contributed by atoms with Crippen molar-refractivity contribution >= 4 is 5.69 Å². The predicted molar refractivity (Wildman–Crippen MR) is 62.1 cm³/mol. The Hall–Kier alpha value is -1.29. The molecular formula is C12H16FN2O-. The van der Waals surface area contributed by atoms with E-state index >= 15 is 0 Å². The number of piperazine rings is 1. The molecule has 1 aliphatic heterocycles. The van der Waals surface area contributed by atoms with Crippen molar-refractivity contribution in [3.63, 3.8) is 0 Å². The van der Waals surface area contributed by atoms with Crippen LogP contribution in [0.2, 0.25) is 0 Å². The molecule has 4 heteroatoms. The van der Waals surface area contributed by atoms with E-state index in [2.05, 4.69) is 11.9 Å². The molecule has 0 atom stereocenters. The van der Waals surface area contributed by atoms with Gasteiger partial charge in [-0.1, -0.05) is 0 Å². The van der Waals surface area contributed by atoms with Crippen molar-refractivity contribution in [1.82, 2.24) is 4.90 Å². The van der Waals surface area contributed by atoms with Crippen molar-refractivity contribution in [2.75, 3.05) is 38.2 Å². The lowest BCUT2D eigenvalue weighted by molar-refractivity contribution is 0.343. The summed E-state index contributed by atoms with van der Waals surface area (Å²) < 4.78 is 18.2. The number of benzene rings is 1. The Morgan fingerprint density at radius 2 is 1.94 bits per heavy atom. The minimum Gasteiger partial charge on any atom is -0.494 e. The van der Waals surface area contributed by atoms with Crippen LogP contribution in [0.1, 0.15) is 0 Å². The second-order valence-corrected chi connectivity index (χ2v) is 3.92. The van der Waals surface area contributed by atoms with E-state index in [1.54, 1.807) is 12.1 Å². The second kappa shape index (κ2) is 4.70. The summed E-state index contributed by atoms with van der Waals surface area (Å²) >= 11 is 0. The van der Waals surface area contributed by atoms with E-state index < -0.39 is 0 Å². The van der Waals surface area contributed by atoms with Crippen LogP contribution in [0, 0.1) is 12.9 Å². The van der Waals surface area contributed by atoms with Gasteiger partial charge in [0.1, 0.15) is 0 Å². The summed E-state index contributed by atoms with van der Waals surface area (Å²) in [6.07, 6.45) is 0. The van der Waals surface area contributed by atoms with E-state index in [4.69, 9.17) is 4.74 Å². The Morgan fingerprint density at radius 3 is 2.56 bits per heavy atom. The molecule has 1 aliphatic rings. The van der Waals surface area contributed by atoms with Crippen molar-refractivity contribution in [3.05, 3.63) is 31.1 Å². The first-order valence-electron chi connectivity index (χ1n) is 5.34. The monoisotopic (exact) mass is 223 g/mol. The summed E-state index contributed by atoms with van der Waals surface area (Å²) in [4.78, 5) is 4.25. The van der Waals surface area contributed by atoms with Gasteiger partial charge in [-0.05, 0) is 25.2 Å². The molecule has 1 fully saturated rings. The topological polar surface area (TPSA) is 15.7 Å². The Morgan fingerprint density at radius 1 is 1.25 bits per heavy atom. The Bertz CT molecular complexity index is 362. The average Bonchev–Trinajstić information content (AvgIpc) is 2.31. The van der Waals surface area contributed by atoms with Crippen LogP contribution in [0.15, 0.2) is 18.2 Å². The highest BCUT2D eigenvalue weighted by Gasteiger charge is 2.13. The van der Waals surface area contributed by atoms with Crippen LogP contribution in [0.25, 0.3) is 0 Å². The van der Waals surface area contributed by atoms with Crippen LogP contribution in [-0.2, 0) is 0 Å². The summed E-state index contributed by atoms with van der Waals surface area (Å²) in [6.45, 7) is 3.69. The molecule has 0 bridgehead atoms. The Balaban J connectivity index is 2.14. The van der Waals surface area contributed by atoms with Gasteiger partial charge < -0.3 is 14.5 Å². The van der Waals surface area contributed by atoms with Crippen LogP contribution in [0.3, 0.4) is 0 Å². The fraction of sp³-hybridized carbons (Fsp3) is 0.417. The molecule has 88 valence electrons. The third-order valence-corrected chi connectivity index (χ3v) is 2.87. The third-order valence-electron chi connectivity index (χ3n) is 2.87. The molecule has 0 saturated carbocycles. The van der Waals surface area contributed by atoms with Gasteiger partial charge in [-0.15, -0.1) is 0 Å². The largest absolute Gasteiger partial charge is 0.494 e. The van der Waals surface area contributed by atoms with Gasteiger partial charge in [0.15, 0.2) is 11.6 Å². The van der Waals surface area contributed by atoms with Gasteiger partial charge in [-0.3, -0.25) is 7.05 Å². The quantitative estimate of drug-likeness (QED) is 0.710. The predicted octanol–water partition coefficient (Wildman–Crippen LogP) is 1.75. The molecule has 0 amide bonds. The summed E-state index contributed by atoms with van der Waals surface area (Å²) in [5.41, 5.74) is 1.01. The SMILES string of the molecule is [CH2-]N1CCN(c2ccc(F)c(OC)c2)CC1. The number of anilines is 1. The number of methoxy groups -OCH3 is 1. The fourth-order valence-corrected chi connectivity index (χ4v) is 1.85. The Kier molecular flexibility index (Phi) is 3.29. The molecule has 0 spiro atoms. The number of rotatable bonds is 2. The summed E-state index contributed by atoms with van der Waals surface area (Å²) in [5.74, 6) is -0.0170. The maximum absolute atomic E-state index is 13.2. The van der Waals surface area contributed by atoms with Gasteiger partial charge in [0.05, 0.1) is 7.11 Å². The van der Waals surface area contributed by atoms with Crippen molar-refractivity contribution in [1.29, 1.82) is 0 Å². The maximum atomic E-state index is 13.2. The molecule has 0 N–H and O–H groups in total. The molecule has 16 heavy (non-hydrogen) atoms. The summed E-state index contributed by atoms with van der Waals surface area (Å²) in [5, 5.41) is 0. The lowest BCUT2D eigenvalue weighted by Crippen LogP contribution is -2.43. The average molecular weight is 223 g/mol. The van der Waals surface area contributed by atoms with Gasteiger partial charge in [0.25, 0.3) is 0 Å². The smallest absolute Gasteiger partial charge is 0.165 e. The van der Waals surface area contributed by atoms with Crippen molar-refractivity contribution < 1.29 is 9.13 Å². The van der Waals surface area contributed by atoms with Gasteiger partial charge >= 0.3 is 0 Å². The second-order valence-electron chi connectivity index (χ2n) is 3.92. The van der Waals surface area contributed by atoms with Gasteiger partial charge in [-0.25, -0.2) is 4.39 Å². The number of hydrogen-bond acceptors (Lipinski definition) is 3. The molecule has 0 radical (unpaired) electrons. The standard InChI is InChI=1S/C12H16FN2O/c1-14-5-7-15(8-6-14)10-3-4-11(13)12(9-10)16-2/h3-4,9H,1,5-8H2,2H3/q-1. The molecule has 1 aromatic carbocycles. The van der Waals surface area contributed by atoms with Crippen LogP contribution in [0.5, 0.6) is 5.75 Å². The summed E-state index contributed by atoms with van der Waals surface area (Å²) in [7, 11) is 5.38. The minimum absolute atomic E-state index is 0.301. The lowest BCUT2D eigenvalue weighted by atomic mass is 10.2. The molecular weight excluding hydrogens is 207 g/mol. The van der Waals surface area contributed by atoms with Crippen molar-refractivity contribution in [2.45, 2.75) is 0 Å². The number of hydrogen-bond donors (Lipinski definition) is 0. The van der Waals surface area contributed by atoms with Crippen LogP contribution >= 0.6 is 0 Å². The van der Waals surface area contributed by atoms with Gasteiger partial charge in [0.2, 0.25) is 0 Å². The first-order chi connectivity index (χ1) is 7.70. The summed E-state index contributed by atoms with van der Waals surface area (Å²) in [6, 6.07) is 4.98. The van der Waals surface area contributed by atoms with E-state index in [9.17, 15) is 4.39 Å². The number of nitrogens with zero attached hydrogens (tertiary/aromatic N) is 2. The molecule has 3 nitrogen and oxygen atoms in total. The first kappa shape index (κ1) is 11.2. The molecule has 0 aliphatic carbocycles. The third kappa shape index (κ3) is 2.27. The number of halogens is 1. The first-order valence-corrected chi connectivity index (χ1v) is 5.34. The van der Waals surface area contributed by atoms with Crippen molar-refractivity contribution in [2.24, 2.45) is 0 Å². The highest BCUT2D eigenvalue weighted by molar-refractivity contribution is 5.51. The van der Waals surface area contributed by atoms with Crippen LogP contribution in [-0.4, -0.2) is 38.2 Å². The normalized spacial score (nSPS) is 17.6.